The van der Waals surface area contributed by atoms with Gasteiger partial charge < -0.3 is 5.73 Å². The minimum absolute atomic E-state index is 0.519. The van der Waals surface area contributed by atoms with Crippen LogP contribution < -0.4 is 5.73 Å². The van der Waals surface area contributed by atoms with Crippen LogP contribution in [0.3, 0.4) is 0 Å². The maximum absolute atomic E-state index is 6.14. The molecule has 2 N–H and O–H groups in total. The van der Waals surface area contributed by atoms with Crippen LogP contribution in [-0.2, 0) is 0 Å². The fraction of sp³-hybridized carbons (Fsp3) is 1.00. The molecule has 1 nitrogen and oxygen atoms in total. The van der Waals surface area contributed by atoms with Crippen LogP contribution in [0.1, 0.15) is 46.0 Å². The van der Waals surface area contributed by atoms with E-state index in [2.05, 4.69) is 13.8 Å². The molecule has 0 bridgehead atoms. The lowest BCUT2D eigenvalue weighted by Gasteiger charge is -2.39. The van der Waals surface area contributed by atoms with Crippen molar-refractivity contribution in [1.82, 2.24) is 0 Å². The predicted octanol–water partition coefficient (Wildman–Crippen LogP) is 2.55. The van der Waals surface area contributed by atoms with Crippen molar-refractivity contribution in [2.75, 3.05) is 0 Å². The maximum atomic E-state index is 6.14. The van der Waals surface area contributed by atoms with Crippen LogP contribution in [0, 0.1) is 17.3 Å². The SMILES string of the molecule is CC1(C)CCC(N)C(C2CC2)C1. The van der Waals surface area contributed by atoms with Crippen molar-refractivity contribution < 1.29 is 0 Å². The van der Waals surface area contributed by atoms with Gasteiger partial charge in [0.1, 0.15) is 0 Å². The van der Waals surface area contributed by atoms with Crippen LogP contribution >= 0.6 is 0 Å². The van der Waals surface area contributed by atoms with Crippen molar-refractivity contribution in [2.45, 2.75) is 52.0 Å². The standard InChI is InChI=1S/C11H21N/c1-11(2)6-5-10(12)9(7-11)8-3-4-8/h8-10H,3-7,12H2,1-2H3. The van der Waals surface area contributed by atoms with Crippen LogP contribution in [0.25, 0.3) is 0 Å². The summed E-state index contributed by atoms with van der Waals surface area (Å²) >= 11 is 0. The highest BCUT2D eigenvalue weighted by Crippen LogP contribution is 2.48. The third-order valence-corrected chi connectivity index (χ3v) is 3.72. The Hall–Kier alpha value is -0.0400. The average Bonchev–Trinajstić information content (AvgIpc) is 2.76. The minimum Gasteiger partial charge on any atom is -0.327 e. The molecule has 2 aliphatic rings. The lowest BCUT2D eigenvalue weighted by Crippen LogP contribution is -2.40. The molecule has 1 heteroatoms. The van der Waals surface area contributed by atoms with Gasteiger partial charge in [0.05, 0.1) is 0 Å². The first-order chi connectivity index (χ1) is 5.58. The van der Waals surface area contributed by atoms with E-state index in [9.17, 15) is 0 Å². The lowest BCUT2D eigenvalue weighted by atomic mass is 9.68. The molecule has 0 aromatic heterocycles. The second-order valence-corrected chi connectivity index (χ2v) is 5.57. The molecule has 2 aliphatic carbocycles. The second kappa shape index (κ2) is 2.73. The molecule has 2 rings (SSSR count). The molecule has 0 aliphatic heterocycles. The molecular weight excluding hydrogens is 146 g/mol. The summed E-state index contributed by atoms with van der Waals surface area (Å²) in [7, 11) is 0. The Balaban J connectivity index is 1.99. The van der Waals surface area contributed by atoms with Gasteiger partial charge in [-0.1, -0.05) is 13.8 Å². The van der Waals surface area contributed by atoms with E-state index in [1.807, 2.05) is 0 Å². The van der Waals surface area contributed by atoms with Crippen LogP contribution in [-0.4, -0.2) is 6.04 Å². The first kappa shape index (κ1) is 8.55. The van der Waals surface area contributed by atoms with Gasteiger partial charge in [0.25, 0.3) is 0 Å². The average molecular weight is 167 g/mol. The van der Waals surface area contributed by atoms with E-state index in [4.69, 9.17) is 5.73 Å². The minimum atomic E-state index is 0.519. The summed E-state index contributed by atoms with van der Waals surface area (Å²) in [6.45, 7) is 4.79. The number of hydrogen-bond acceptors (Lipinski definition) is 1. The van der Waals surface area contributed by atoms with E-state index in [1.54, 1.807) is 0 Å². The van der Waals surface area contributed by atoms with Gasteiger partial charge in [-0.05, 0) is 49.4 Å². The van der Waals surface area contributed by atoms with Gasteiger partial charge in [-0.3, -0.25) is 0 Å². The molecule has 0 aromatic carbocycles. The smallest absolute Gasteiger partial charge is 0.00702 e. The quantitative estimate of drug-likeness (QED) is 0.638. The third kappa shape index (κ3) is 1.66. The predicted molar refractivity (Wildman–Crippen MR) is 51.8 cm³/mol. The molecule has 0 aromatic rings. The van der Waals surface area contributed by atoms with Crippen LogP contribution in [0.4, 0.5) is 0 Å². The first-order valence-corrected chi connectivity index (χ1v) is 5.34. The monoisotopic (exact) mass is 167 g/mol. The van der Waals surface area contributed by atoms with Crippen molar-refractivity contribution in [1.29, 1.82) is 0 Å². The van der Waals surface area contributed by atoms with Crippen molar-refractivity contribution in [3.05, 3.63) is 0 Å². The molecule has 0 radical (unpaired) electrons. The van der Waals surface area contributed by atoms with Crippen LogP contribution in [0.2, 0.25) is 0 Å². The van der Waals surface area contributed by atoms with Crippen molar-refractivity contribution in [3.8, 4) is 0 Å². The van der Waals surface area contributed by atoms with E-state index < -0.39 is 0 Å². The molecule has 70 valence electrons. The fourth-order valence-corrected chi connectivity index (χ4v) is 2.70. The number of rotatable bonds is 1. The van der Waals surface area contributed by atoms with Gasteiger partial charge in [-0.15, -0.1) is 0 Å². The van der Waals surface area contributed by atoms with Gasteiger partial charge in [-0.25, -0.2) is 0 Å². The molecule has 0 amide bonds. The molecule has 2 saturated carbocycles. The normalized spacial score (nSPS) is 41.2. The first-order valence-electron chi connectivity index (χ1n) is 5.34. The fourth-order valence-electron chi connectivity index (χ4n) is 2.70. The van der Waals surface area contributed by atoms with Crippen molar-refractivity contribution in [3.63, 3.8) is 0 Å². The third-order valence-electron chi connectivity index (χ3n) is 3.72. The Bertz CT molecular complexity index is 170. The highest BCUT2D eigenvalue weighted by molar-refractivity contribution is 4.94. The summed E-state index contributed by atoms with van der Waals surface area (Å²) in [6.07, 6.45) is 6.87. The number of nitrogens with two attached hydrogens (primary N) is 1. The van der Waals surface area contributed by atoms with E-state index >= 15 is 0 Å². The highest BCUT2D eigenvalue weighted by Gasteiger charge is 2.41. The van der Waals surface area contributed by atoms with E-state index in [0.717, 1.165) is 11.8 Å². The zero-order chi connectivity index (χ0) is 8.77. The molecular formula is C11H21N. The largest absolute Gasteiger partial charge is 0.327 e. The van der Waals surface area contributed by atoms with E-state index in [-0.39, 0.29) is 0 Å². The van der Waals surface area contributed by atoms with Crippen LogP contribution in [0.5, 0.6) is 0 Å². The topological polar surface area (TPSA) is 26.0 Å². The summed E-state index contributed by atoms with van der Waals surface area (Å²) < 4.78 is 0. The Labute approximate surface area is 75.7 Å². The van der Waals surface area contributed by atoms with Gasteiger partial charge >= 0.3 is 0 Å². The molecule has 0 heterocycles. The molecule has 2 atom stereocenters. The van der Waals surface area contributed by atoms with Crippen molar-refractivity contribution >= 4 is 0 Å². The zero-order valence-corrected chi connectivity index (χ0v) is 8.34. The summed E-state index contributed by atoms with van der Waals surface area (Å²) in [5, 5.41) is 0. The van der Waals surface area contributed by atoms with Crippen LogP contribution in [0.15, 0.2) is 0 Å². The highest BCUT2D eigenvalue weighted by atomic mass is 14.7. The van der Waals surface area contributed by atoms with Gasteiger partial charge in [0.2, 0.25) is 0 Å². The Kier molecular flexibility index (Phi) is 1.95. The van der Waals surface area contributed by atoms with Gasteiger partial charge in [0, 0.05) is 6.04 Å². The summed E-state index contributed by atoms with van der Waals surface area (Å²) in [4.78, 5) is 0. The molecule has 0 spiro atoms. The van der Waals surface area contributed by atoms with Gasteiger partial charge in [-0.2, -0.15) is 0 Å². The maximum Gasteiger partial charge on any atom is 0.00702 e. The Morgan fingerprint density at radius 3 is 2.42 bits per heavy atom. The molecule has 2 fully saturated rings. The van der Waals surface area contributed by atoms with Crippen molar-refractivity contribution in [2.24, 2.45) is 23.0 Å². The van der Waals surface area contributed by atoms with E-state index in [0.29, 0.717) is 11.5 Å². The Morgan fingerprint density at radius 1 is 1.17 bits per heavy atom. The summed E-state index contributed by atoms with van der Waals surface area (Å²) in [5.74, 6) is 1.85. The Morgan fingerprint density at radius 2 is 1.83 bits per heavy atom. The summed E-state index contributed by atoms with van der Waals surface area (Å²) in [5.41, 5.74) is 6.71. The molecule has 12 heavy (non-hydrogen) atoms. The second-order valence-electron chi connectivity index (χ2n) is 5.57. The zero-order valence-electron chi connectivity index (χ0n) is 8.34. The van der Waals surface area contributed by atoms with Gasteiger partial charge in [0.15, 0.2) is 0 Å². The number of hydrogen-bond donors (Lipinski definition) is 1. The molecule has 2 unspecified atom stereocenters. The van der Waals surface area contributed by atoms with E-state index in [1.165, 1.54) is 32.1 Å². The summed E-state index contributed by atoms with van der Waals surface area (Å²) in [6, 6.07) is 0.519. The lowest BCUT2D eigenvalue weighted by molar-refractivity contribution is 0.142. The molecule has 0 saturated heterocycles.